The van der Waals surface area contributed by atoms with Gasteiger partial charge in [0.15, 0.2) is 11.0 Å². The molecule has 0 spiro atoms. The Morgan fingerprint density at radius 1 is 1.22 bits per heavy atom. The summed E-state index contributed by atoms with van der Waals surface area (Å²) in [7, 11) is 0. The van der Waals surface area contributed by atoms with Crippen LogP contribution in [0.4, 0.5) is 5.69 Å². The maximum atomic E-state index is 12.6. The highest BCUT2D eigenvalue weighted by molar-refractivity contribution is 9.10. The number of aryl methyl sites for hydroxylation is 1. The summed E-state index contributed by atoms with van der Waals surface area (Å²) < 4.78 is 2.85. The van der Waals surface area contributed by atoms with Gasteiger partial charge in [0.2, 0.25) is 5.91 Å². The van der Waals surface area contributed by atoms with Gasteiger partial charge in [-0.3, -0.25) is 9.59 Å². The molecule has 2 amide bonds. The van der Waals surface area contributed by atoms with E-state index in [4.69, 9.17) is 11.6 Å². The second-order valence-corrected chi connectivity index (χ2v) is 9.32. The van der Waals surface area contributed by atoms with Crippen molar-refractivity contribution >= 4 is 56.8 Å². The molecule has 0 aliphatic rings. The first-order valence-corrected chi connectivity index (χ1v) is 12.1. The molecule has 1 aromatic heterocycles. The number of halogens is 2. The molecule has 1 heterocycles. The van der Waals surface area contributed by atoms with E-state index < -0.39 is 0 Å². The van der Waals surface area contributed by atoms with Gasteiger partial charge in [-0.25, -0.2) is 0 Å². The Hall–Kier alpha value is -2.36. The first-order valence-electron chi connectivity index (χ1n) is 9.97. The Morgan fingerprint density at radius 3 is 2.66 bits per heavy atom. The van der Waals surface area contributed by atoms with Crippen LogP contribution in [0.15, 0.2) is 52.1 Å². The smallest absolute Gasteiger partial charge is 0.253 e. The van der Waals surface area contributed by atoms with Gasteiger partial charge in [0.05, 0.1) is 22.4 Å². The number of aromatic nitrogens is 3. The number of thioether (sulfide) groups is 1. The van der Waals surface area contributed by atoms with Crippen molar-refractivity contribution in [1.29, 1.82) is 0 Å². The summed E-state index contributed by atoms with van der Waals surface area (Å²) in [6, 6.07) is 12.2. The predicted octanol–water partition coefficient (Wildman–Crippen LogP) is 5.24. The Bertz CT molecular complexity index is 1140. The molecule has 0 fully saturated rings. The van der Waals surface area contributed by atoms with Crippen molar-refractivity contribution in [3.8, 4) is 0 Å². The molecule has 0 saturated heterocycles. The van der Waals surface area contributed by atoms with Crippen LogP contribution < -0.4 is 10.6 Å². The van der Waals surface area contributed by atoms with Gasteiger partial charge in [0.25, 0.3) is 5.91 Å². The Kier molecular flexibility index (Phi) is 8.33. The van der Waals surface area contributed by atoms with Crippen LogP contribution in [0.2, 0.25) is 5.02 Å². The fourth-order valence-corrected chi connectivity index (χ4v) is 4.60. The molecule has 10 heteroatoms. The van der Waals surface area contributed by atoms with Gasteiger partial charge in [0.1, 0.15) is 0 Å². The Morgan fingerprint density at radius 2 is 1.97 bits per heavy atom. The molecule has 7 nitrogen and oxygen atoms in total. The van der Waals surface area contributed by atoms with Gasteiger partial charge >= 0.3 is 0 Å². The SMILES string of the molecule is CCn1c(SCC(=O)Nc2ccc(Br)cc2C)nnc1[C@H](C)NC(=O)c1ccccc1Cl. The zero-order valence-corrected chi connectivity index (χ0v) is 21.0. The molecule has 0 aliphatic heterocycles. The second-order valence-electron chi connectivity index (χ2n) is 7.06. The molecule has 2 aromatic carbocycles. The zero-order valence-electron chi connectivity index (χ0n) is 17.9. The lowest BCUT2D eigenvalue weighted by atomic mass is 10.2. The van der Waals surface area contributed by atoms with Crippen LogP contribution in [-0.4, -0.2) is 32.3 Å². The lowest BCUT2D eigenvalue weighted by Gasteiger charge is -2.15. The normalized spacial score (nSPS) is 11.8. The lowest BCUT2D eigenvalue weighted by molar-refractivity contribution is -0.113. The van der Waals surface area contributed by atoms with Crippen molar-refractivity contribution in [2.75, 3.05) is 11.1 Å². The number of anilines is 1. The molecule has 0 aliphatic carbocycles. The third kappa shape index (κ3) is 5.90. The first-order chi connectivity index (χ1) is 15.3. The minimum atomic E-state index is -0.389. The van der Waals surface area contributed by atoms with Crippen molar-refractivity contribution in [2.45, 2.75) is 38.5 Å². The highest BCUT2D eigenvalue weighted by Crippen LogP contribution is 2.23. The Labute approximate surface area is 204 Å². The molecule has 0 radical (unpaired) electrons. The minimum Gasteiger partial charge on any atom is -0.342 e. The molecule has 0 unspecified atom stereocenters. The van der Waals surface area contributed by atoms with Crippen LogP contribution in [0.3, 0.4) is 0 Å². The van der Waals surface area contributed by atoms with Crippen LogP contribution in [-0.2, 0) is 11.3 Å². The minimum absolute atomic E-state index is 0.132. The van der Waals surface area contributed by atoms with Crippen molar-refractivity contribution in [3.63, 3.8) is 0 Å². The van der Waals surface area contributed by atoms with Crippen LogP contribution in [0.1, 0.15) is 41.6 Å². The molecule has 32 heavy (non-hydrogen) atoms. The Balaban J connectivity index is 1.64. The van der Waals surface area contributed by atoms with E-state index in [0.29, 0.717) is 28.1 Å². The molecule has 3 aromatic rings. The summed E-state index contributed by atoms with van der Waals surface area (Å²) in [5.74, 6) is 0.382. The number of benzene rings is 2. The first kappa shape index (κ1) is 24.3. The highest BCUT2D eigenvalue weighted by atomic mass is 79.9. The standard InChI is InChI=1S/C22H23BrClN5O2S/c1-4-29-20(14(3)25-21(31)16-7-5-6-8-17(16)24)27-28-22(29)32-12-19(30)26-18-10-9-15(23)11-13(18)2/h5-11,14H,4,12H2,1-3H3,(H,25,31)(H,26,30)/t14-/m0/s1. The molecular formula is C22H23BrClN5O2S. The lowest BCUT2D eigenvalue weighted by Crippen LogP contribution is -2.29. The van der Waals surface area contributed by atoms with E-state index in [2.05, 4.69) is 36.8 Å². The van der Waals surface area contributed by atoms with E-state index in [0.717, 1.165) is 15.7 Å². The molecule has 2 N–H and O–H groups in total. The largest absolute Gasteiger partial charge is 0.342 e. The fraction of sp³-hybridized carbons (Fsp3) is 0.273. The van der Waals surface area contributed by atoms with Crippen molar-refractivity contribution in [3.05, 3.63) is 68.9 Å². The monoisotopic (exact) mass is 535 g/mol. The maximum Gasteiger partial charge on any atom is 0.253 e. The van der Waals surface area contributed by atoms with Crippen LogP contribution in [0.25, 0.3) is 0 Å². The topological polar surface area (TPSA) is 88.9 Å². The quantitative estimate of drug-likeness (QED) is 0.384. The highest BCUT2D eigenvalue weighted by Gasteiger charge is 2.21. The van der Waals surface area contributed by atoms with Gasteiger partial charge < -0.3 is 15.2 Å². The van der Waals surface area contributed by atoms with Crippen molar-refractivity contribution in [2.24, 2.45) is 0 Å². The number of amides is 2. The number of carbonyl (C=O) groups is 2. The molecule has 0 bridgehead atoms. The molecule has 168 valence electrons. The average Bonchev–Trinajstić information content (AvgIpc) is 3.17. The van der Waals surface area contributed by atoms with Crippen LogP contribution >= 0.6 is 39.3 Å². The zero-order chi connectivity index (χ0) is 23.3. The van der Waals surface area contributed by atoms with Gasteiger partial charge in [-0.1, -0.05) is 51.4 Å². The van der Waals surface area contributed by atoms with Gasteiger partial charge in [0, 0.05) is 16.7 Å². The number of hydrogen-bond acceptors (Lipinski definition) is 5. The summed E-state index contributed by atoms with van der Waals surface area (Å²) in [4.78, 5) is 25.0. The fourth-order valence-electron chi connectivity index (χ4n) is 3.09. The maximum absolute atomic E-state index is 12.6. The van der Waals surface area contributed by atoms with E-state index in [-0.39, 0.29) is 23.6 Å². The molecular weight excluding hydrogens is 514 g/mol. The summed E-state index contributed by atoms with van der Waals surface area (Å²) in [6.45, 7) is 6.34. The molecule has 3 rings (SSSR count). The number of nitrogens with zero attached hydrogens (tertiary/aromatic N) is 3. The van der Waals surface area contributed by atoms with E-state index in [1.807, 2.05) is 43.5 Å². The molecule has 0 saturated carbocycles. The number of nitrogens with one attached hydrogen (secondary N) is 2. The number of carbonyl (C=O) groups excluding carboxylic acids is 2. The van der Waals surface area contributed by atoms with Gasteiger partial charge in [-0.05, 0) is 56.7 Å². The van der Waals surface area contributed by atoms with E-state index in [9.17, 15) is 9.59 Å². The number of hydrogen-bond donors (Lipinski definition) is 2. The van der Waals surface area contributed by atoms with E-state index in [1.165, 1.54) is 11.8 Å². The summed E-state index contributed by atoms with van der Waals surface area (Å²) in [6.07, 6.45) is 0. The second kappa shape index (κ2) is 11.0. The van der Waals surface area contributed by atoms with Crippen molar-refractivity contribution < 1.29 is 9.59 Å². The molecule has 1 atom stereocenters. The van der Waals surface area contributed by atoms with Crippen molar-refractivity contribution in [1.82, 2.24) is 20.1 Å². The van der Waals surface area contributed by atoms with E-state index >= 15 is 0 Å². The third-order valence-corrected chi connectivity index (χ3v) is 6.50. The number of rotatable bonds is 8. The summed E-state index contributed by atoms with van der Waals surface area (Å²) in [5, 5.41) is 15.3. The average molecular weight is 537 g/mol. The van der Waals surface area contributed by atoms with Gasteiger partial charge in [-0.15, -0.1) is 10.2 Å². The third-order valence-electron chi connectivity index (χ3n) is 4.71. The summed E-state index contributed by atoms with van der Waals surface area (Å²) >= 11 is 10.8. The summed E-state index contributed by atoms with van der Waals surface area (Å²) in [5.41, 5.74) is 2.14. The predicted molar refractivity (Wildman–Crippen MR) is 131 cm³/mol. The van der Waals surface area contributed by atoms with E-state index in [1.54, 1.807) is 24.3 Å². The van der Waals surface area contributed by atoms with Crippen LogP contribution in [0, 0.1) is 6.92 Å². The van der Waals surface area contributed by atoms with Crippen LogP contribution in [0.5, 0.6) is 0 Å². The van der Waals surface area contributed by atoms with Gasteiger partial charge in [-0.2, -0.15) is 0 Å².